The number of carbonyl (C=O) groups is 1. The molecule has 7 heteroatoms. The molecule has 4 rings (SSSR count). The number of fused-ring (bicyclic) bond motifs is 1. The first-order valence-electron chi connectivity index (χ1n) is 8.53. The molecule has 1 atom stereocenters. The number of aliphatic hydroxyl groups excluding tert-OH is 1. The Morgan fingerprint density at radius 2 is 2.16 bits per heavy atom. The first-order chi connectivity index (χ1) is 12.2. The molecule has 0 radical (unpaired) electrons. The van der Waals surface area contributed by atoms with E-state index in [4.69, 9.17) is 5.11 Å². The molecule has 0 spiro atoms. The van der Waals surface area contributed by atoms with E-state index < -0.39 is 6.04 Å². The van der Waals surface area contributed by atoms with Crippen molar-refractivity contribution in [3.63, 3.8) is 0 Å². The SMILES string of the molecule is O=C1CCCC2=C1C(c1ccccc1F)n1nc(CCCO)nc1N2. The van der Waals surface area contributed by atoms with Crippen LogP contribution in [0.1, 0.15) is 43.1 Å². The normalized spacial score (nSPS) is 19.4. The Morgan fingerprint density at radius 1 is 1.32 bits per heavy atom. The van der Waals surface area contributed by atoms with Crippen molar-refractivity contribution in [1.82, 2.24) is 14.8 Å². The number of aliphatic hydroxyl groups is 1. The molecule has 2 heterocycles. The van der Waals surface area contributed by atoms with Crippen LogP contribution in [-0.4, -0.2) is 32.3 Å². The minimum atomic E-state index is -0.601. The number of anilines is 1. The van der Waals surface area contributed by atoms with Crippen LogP contribution < -0.4 is 5.32 Å². The number of ketones is 1. The lowest BCUT2D eigenvalue weighted by atomic mass is 9.85. The van der Waals surface area contributed by atoms with E-state index in [0.29, 0.717) is 42.2 Å². The van der Waals surface area contributed by atoms with Crippen molar-refractivity contribution in [2.24, 2.45) is 0 Å². The van der Waals surface area contributed by atoms with Gasteiger partial charge in [-0.25, -0.2) is 9.07 Å². The van der Waals surface area contributed by atoms with Gasteiger partial charge in [0.25, 0.3) is 0 Å². The van der Waals surface area contributed by atoms with Crippen molar-refractivity contribution >= 4 is 11.7 Å². The zero-order valence-corrected chi connectivity index (χ0v) is 13.7. The van der Waals surface area contributed by atoms with Crippen LogP contribution in [0, 0.1) is 5.82 Å². The number of halogens is 1. The molecule has 130 valence electrons. The van der Waals surface area contributed by atoms with Gasteiger partial charge >= 0.3 is 0 Å². The summed E-state index contributed by atoms with van der Waals surface area (Å²) in [7, 11) is 0. The highest BCUT2D eigenvalue weighted by atomic mass is 19.1. The lowest BCUT2D eigenvalue weighted by molar-refractivity contribution is -0.116. The Labute approximate surface area is 144 Å². The molecular formula is C18H19FN4O2. The van der Waals surface area contributed by atoms with Crippen molar-refractivity contribution in [3.05, 3.63) is 52.7 Å². The zero-order chi connectivity index (χ0) is 17.4. The molecule has 1 aromatic heterocycles. The molecule has 6 nitrogen and oxygen atoms in total. The molecular weight excluding hydrogens is 323 g/mol. The fourth-order valence-corrected chi connectivity index (χ4v) is 3.53. The minimum absolute atomic E-state index is 0.0278. The number of allylic oxidation sites excluding steroid dienone is 2. The largest absolute Gasteiger partial charge is 0.396 e. The van der Waals surface area contributed by atoms with Gasteiger partial charge < -0.3 is 10.4 Å². The summed E-state index contributed by atoms with van der Waals surface area (Å²) in [5.74, 6) is 0.762. The van der Waals surface area contributed by atoms with Crippen LogP contribution in [0.25, 0.3) is 0 Å². The highest BCUT2D eigenvalue weighted by molar-refractivity contribution is 5.99. The van der Waals surface area contributed by atoms with E-state index in [-0.39, 0.29) is 18.2 Å². The zero-order valence-electron chi connectivity index (χ0n) is 13.7. The summed E-state index contributed by atoms with van der Waals surface area (Å²) < 4.78 is 16.1. The molecule has 2 N–H and O–H groups in total. The predicted molar refractivity (Wildman–Crippen MR) is 89.5 cm³/mol. The number of carbonyl (C=O) groups excluding carboxylic acids is 1. The Balaban J connectivity index is 1.85. The standard InChI is InChI=1S/C18H19FN4O2/c19-12-6-2-1-5-11(12)17-16-13(7-3-8-14(16)25)20-18-21-15(9-4-10-24)22-23(17)18/h1-2,5-6,17,24H,3-4,7-10H2,(H,20,21,22). The quantitative estimate of drug-likeness (QED) is 0.892. The van der Waals surface area contributed by atoms with Crippen molar-refractivity contribution in [3.8, 4) is 0 Å². The summed E-state index contributed by atoms with van der Waals surface area (Å²) in [6.07, 6.45) is 3.07. The lowest BCUT2D eigenvalue weighted by Crippen LogP contribution is -2.32. The second-order valence-electron chi connectivity index (χ2n) is 6.34. The van der Waals surface area contributed by atoms with Crippen LogP contribution in [0.5, 0.6) is 0 Å². The van der Waals surface area contributed by atoms with E-state index in [9.17, 15) is 9.18 Å². The molecule has 0 saturated carbocycles. The maximum atomic E-state index is 14.5. The molecule has 1 aromatic carbocycles. The maximum absolute atomic E-state index is 14.5. The number of benzene rings is 1. The number of rotatable bonds is 4. The average molecular weight is 342 g/mol. The van der Waals surface area contributed by atoms with E-state index in [1.807, 2.05) is 0 Å². The fraction of sp³-hybridized carbons (Fsp3) is 0.389. The number of hydrogen-bond acceptors (Lipinski definition) is 5. The van der Waals surface area contributed by atoms with Gasteiger partial charge in [-0.3, -0.25) is 4.79 Å². The lowest BCUT2D eigenvalue weighted by Gasteiger charge is -2.32. The van der Waals surface area contributed by atoms with Crippen LogP contribution in [0.4, 0.5) is 10.3 Å². The van der Waals surface area contributed by atoms with E-state index in [2.05, 4.69) is 15.4 Å². The Hall–Kier alpha value is -2.54. The van der Waals surface area contributed by atoms with Gasteiger partial charge in [-0.1, -0.05) is 18.2 Å². The third-order valence-corrected chi connectivity index (χ3v) is 4.67. The van der Waals surface area contributed by atoms with E-state index in [0.717, 1.165) is 18.5 Å². The maximum Gasteiger partial charge on any atom is 0.226 e. The van der Waals surface area contributed by atoms with E-state index in [1.54, 1.807) is 22.9 Å². The third kappa shape index (κ3) is 2.74. The molecule has 0 fully saturated rings. The van der Waals surface area contributed by atoms with Crippen molar-refractivity contribution in [2.45, 2.75) is 38.1 Å². The third-order valence-electron chi connectivity index (χ3n) is 4.67. The summed E-state index contributed by atoms with van der Waals surface area (Å²) in [4.78, 5) is 17.1. The van der Waals surface area contributed by atoms with Gasteiger partial charge in [-0.2, -0.15) is 10.1 Å². The van der Waals surface area contributed by atoms with E-state index >= 15 is 0 Å². The van der Waals surface area contributed by atoms with Crippen LogP contribution in [-0.2, 0) is 11.2 Å². The van der Waals surface area contributed by atoms with Crippen molar-refractivity contribution in [2.75, 3.05) is 11.9 Å². The molecule has 25 heavy (non-hydrogen) atoms. The molecule has 1 aliphatic carbocycles. The number of nitrogens with one attached hydrogen (secondary N) is 1. The number of aryl methyl sites for hydroxylation is 1. The Morgan fingerprint density at radius 3 is 2.96 bits per heavy atom. The number of Topliss-reactive ketones (excluding diaryl/α,β-unsaturated/α-hetero) is 1. The monoisotopic (exact) mass is 342 g/mol. The summed E-state index contributed by atoms with van der Waals surface area (Å²) in [6, 6.07) is 5.88. The molecule has 2 aliphatic rings. The fourth-order valence-electron chi connectivity index (χ4n) is 3.53. The highest BCUT2D eigenvalue weighted by Gasteiger charge is 2.37. The smallest absolute Gasteiger partial charge is 0.226 e. The number of aromatic nitrogens is 3. The number of nitrogens with zero attached hydrogens (tertiary/aromatic N) is 3. The highest BCUT2D eigenvalue weighted by Crippen LogP contribution is 2.40. The minimum Gasteiger partial charge on any atom is -0.396 e. The first kappa shape index (κ1) is 16.0. The van der Waals surface area contributed by atoms with Crippen LogP contribution >= 0.6 is 0 Å². The Bertz CT molecular complexity index is 859. The molecule has 1 aliphatic heterocycles. The Kier molecular flexibility index (Phi) is 4.09. The van der Waals surface area contributed by atoms with Gasteiger partial charge in [0, 0.05) is 36.3 Å². The topological polar surface area (TPSA) is 80.0 Å². The molecule has 2 aromatic rings. The van der Waals surface area contributed by atoms with E-state index in [1.165, 1.54) is 6.07 Å². The molecule has 0 saturated heterocycles. The van der Waals surface area contributed by atoms with Gasteiger partial charge in [0.2, 0.25) is 5.95 Å². The van der Waals surface area contributed by atoms with Crippen LogP contribution in [0.3, 0.4) is 0 Å². The van der Waals surface area contributed by atoms with Gasteiger partial charge in [0.1, 0.15) is 11.9 Å². The van der Waals surface area contributed by atoms with Crippen molar-refractivity contribution < 1.29 is 14.3 Å². The molecule has 0 bridgehead atoms. The second-order valence-corrected chi connectivity index (χ2v) is 6.34. The van der Waals surface area contributed by atoms with Gasteiger partial charge in [-0.05, 0) is 25.3 Å². The average Bonchev–Trinajstić information content (AvgIpc) is 3.01. The summed E-state index contributed by atoms with van der Waals surface area (Å²) >= 11 is 0. The number of hydrogen-bond donors (Lipinski definition) is 2. The molecule has 1 unspecified atom stereocenters. The summed E-state index contributed by atoms with van der Waals surface area (Å²) in [5.41, 5.74) is 1.83. The predicted octanol–water partition coefficient (Wildman–Crippen LogP) is 2.36. The van der Waals surface area contributed by atoms with Gasteiger partial charge in [0.05, 0.1) is 0 Å². The second kappa shape index (κ2) is 6.40. The van der Waals surface area contributed by atoms with Crippen LogP contribution in [0.15, 0.2) is 35.5 Å². The van der Waals surface area contributed by atoms with Crippen LogP contribution in [0.2, 0.25) is 0 Å². The van der Waals surface area contributed by atoms with Gasteiger partial charge in [0.15, 0.2) is 11.6 Å². The summed E-state index contributed by atoms with van der Waals surface area (Å²) in [6.45, 7) is 0.0568. The first-order valence-corrected chi connectivity index (χ1v) is 8.53. The molecule has 0 amide bonds. The van der Waals surface area contributed by atoms with Gasteiger partial charge in [-0.15, -0.1) is 0 Å². The summed E-state index contributed by atoms with van der Waals surface area (Å²) in [5, 5.41) is 16.7. The van der Waals surface area contributed by atoms with Crippen molar-refractivity contribution in [1.29, 1.82) is 0 Å².